The SMILES string of the molecule is NNc1ncc(Cl)c(Sc2ccc(Br)cn2)n1. The van der Waals surface area contributed by atoms with Crippen LogP contribution in [0.2, 0.25) is 5.02 Å². The van der Waals surface area contributed by atoms with Crippen molar-refractivity contribution in [2.45, 2.75) is 10.1 Å². The highest BCUT2D eigenvalue weighted by atomic mass is 79.9. The van der Waals surface area contributed by atoms with Gasteiger partial charge in [0.15, 0.2) is 0 Å². The summed E-state index contributed by atoms with van der Waals surface area (Å²) in [4.78, 5) is 12.2. The number of nitrogens with zero attached hydrogens (tertiary/aromatic N) is 3. The van der Waals surface area contributed by atoms with Gasteiger partial charge in [0, 0.05) is 10.7 Å². The molecule has 0 atom stereocenters. The van der Waals surface area contributed by atoms with Gasteiger partial charge in [0.25, 0.3) is 0 Å². The van der Waals surface area contributed by atoms with Crippen molar-refractivity contribution < 1.29 is 0 Å². The summed E-state index contributed by atoms with van der Waals surface area (Å²) in [6.45, 7) is 0. The van der Waals surface area contributed by atoms with Gasteiger partial charge < -0.3 is 0 Å². The van der Waals surface area contributed by atoms with Gasteiger partial charge in [-0.05, 0) is 39.8 Å². The third-order valence-corrected chi connectivity index (χ3v) is 3.56. The lowest BCUT2D eigenvalue weighted by Gasteiger charge is -2.04. The summed E-state index contributed by atoms with van der Waals surface area (Å²) in [5, 5.41) is 1.85. The van der Waals surface area contributed by atoms with Crippen LogP contribution in [0.3, 0.4) is 0 Å². The molecule has 0 aliphatic carbocycles. The largest absolute Gasteiger partial charge is 0.292 e. The zero-order valence-electron chi connectivity index (χ0n) is 8.39. The Kier molecular flexibility index (Phi) is 4.16. The molecule has 0 saturated heterocycles. The molecule has 2 heterocycles. The first-order valence-corrected chi connectivity index (χ1v) is 6.46. The summed E-state index contributed by atoms with van der Waals surface area (Å²) in [6, 6.07) is 3.76. The van der Waals surface area contributed by atoms with Crippen LogP contribution in [0, 0.1) is 0 Å². The molecule has 0 aliphatic rings. The normalized spacial score (nSPS) is 10.3. The zero-order valence-corrected chi connectivity index (χ0v) is 11.6. The summed E-state index contributed by atoms with van der Waals surface area (Å²) in [6.07, 6.45) is 3.20. The Labute approximate surface area is 115 Å². The molecule has 0 aromatic carbocycles. The molecule has 2 aromatic heterocycles. The molecule has 0 unspecified atom stereocenters. The molecule has 0 saturated carbocycles. The van der Waals surface area contributed by atoms with Gasteiger partial charge in [-0.15, -0.1) is 0 Å². The number of anilines is 1. The molecule has 0 aliphatic heterocycles. The van der Waals surface area contributed by atoms with Crippen LogP contribution in [-0.2, 0) is 0 Å². The minimum Gasteiger partial charge on any atom is -0.292 e. The Hall–Kier alpha value is -0.890. The van der Waals surface area contributed by atoms with Gasteiger partial charge in [-0.3, -0.25) is 5.43 Å². The predicted octanol–water partition coefficient (Wildman–Crippen LogP) is 2.72. The summed E-state index contributed by atoms with van der Waals surface area (Å²) in [7, 11) is 0. The molecular weight excluding hydrogens is 326 g/mol. The Morgan fingerprint density at radius 2 is 2.12 bits per heavy atom. The zero-order chi connectivity index (χ0) is 12.3. The van der Waals surface area contributed by atoms with Crippen molar-refractivity contribution in [1.29, 1.82) is 0 Å². The van der Waals surface area contributed by atoms with Crippen molar-refractivity contribution >= 4 is 45.2 Å². The van der Waals surface area contributed by atoms with Crippen molar-refractivity contribution in [1.82, 2.24) is 15.0 Å². The molecule has 0 amide bonds. The molecule has 0 radical (unpaired) electrons. The van der Waals surface area contributed by atoms with Crippen LogP contribution in [0.4, 0.5) is 5.95 Å². The average Bonchev–Trinajstić information content (AvgIpc) is 2.35. The Bertz CT molecular complexity index is 521. The second-order valence-corrected chi connectivity index (χ2v) is 5.24. The molecule has 88 valence electrons. The Morgan fingerprint density at radius 1 is 1.29 bits per heavy atom. The van der Waals surface area contributed by atoms with Gasteiger partial charge in [-0.1, -0.05) is 11.6 Å². The van der Waals surface area contributed by atoms with Crippen LogP contribution in [0.15, 0.2) is 39.1 Å². The van der Waals surface area contributed by atoms with Gasteiger partial charge in [-0.25, -0.2) is 20.8 Å². The number of halogens is 2. The Morgan fingerprint density at radius 3 is 2.76 bits per heavy atom. The highest BCUT2D eigenvalue weighted by Gasteiger charge is 2.07. The maximum atomic E-state index is 5.98. The summed E-state index contributed by atoms with van der Waals surface area (Å²) in [5.74, 6) is 5.55. The molecule has 3 N–H and O–H groups in total. The lowest BCUT2D eigenvalue weighted by atomic mass is 10.5. The lowest BCUT2D eigenvalue weighted by molar-refractivity contribution is 1.02. The van der Waals surface area contributed by atoms with Gasteiger partial charge in [-0.2, -0.15) is 0 Å². The van der Waals surface area contributed by atoms with E-state index in [1.54, 1.807) is 6.20 Å². The number of aromatic nitrogens is 3. The standard InChI is InChI=1S/C9H7BrClN5S/c10-5-1-2-7(13-3-5)17-8-6(11)4-14-9(15-8)16-12/h1-4H,12H2,(H,14,15,16). The topological polar surface area (TPSA) is 76.7 Å². The van der Waals surface area contributed by atoms with E-state index in [1.807, 2.05) is 12.1 Å². The number of hydrazine groups is 1. The van der Waals surface area contributed by atoms with Crippen LogP contribution >= 0.6 is 39.3 Å². The van der Waals surface area contributed by atoms with Crippen molar-refractivity contribution in [3.8, 4) is 0 Å². The van der Waals surface area contributed by atoms with Gasteiger partial charge >= 0.3 is 0 Å². The number of hydrogen-bond donors (Lipinski definition) is 2. The smallest absolute Gasteiger partial charge is 0.238 e. The maximum absolute atomic E-state index is 5.98. The molecule has 17 heavy (non-hydrogen) atoms. The van der Waals surface area contributed by atoms with E-state index < -0.39 is 0 Å². The third-order valence-electron chi connectivity index (χ3n) is 1.74. The first kappa shape index (κ1) is 12.6. The first-order valence-electron chi connectivity index (χ1n) is 4.47. The molecule has 0 spiro atoms. The van der Waals surface area contributed by atoms with E-state index in [-0.39, 0.29) is 0 Å². The second-order valence-electron chi connectivity index (χ2n) is 2.91. The van der Waals surface area contributed by atoms with Crippen LogP contribution in [0.25, 0.3) is 0 Å². The summed E-state index contributed by atoms with van der Waals surface area (Å²) >= 11 is 10.6. The van der Waals surface area contributed by atoms with E-state index in [0.717, 1.165) is 9.50 Å². The lowest BCUT2D eigenvalue weighted by Crippen LogP contribution is -2.10. The van der Waals surface area contributed by atoms with Crippen molar-refractivity contribution in [3.05, 3.63) is 34.0 Å². The van der Waals surface area contributed by atoms with Crippen molar-refractivity contribution in [3.63, 3.8) is 0 Å². The number of rotatable bonds is 3. The predicted molar refractivity (Wildman–Crippen MR) is 70.9 cm³/mol. The molecule has 8 heteroatoms. The van der Waals surface area contributed by atoms with Crippen LogP contribution in [-0.4, -0.2) is 15.0 Å². The summed E-state index contributed by atoms with van der Waals surface area (Å²) < 4.78 is 0.917. The third kappa shape index (κ3) is 3.29. The van der Waals surface area contributed by atoms with Crippen molar-refractivity contribution in [2.24, 2.45) is 5.84 Å². The van der Waals surface area contributed by atoms with E-state index in [1.165, 1.54) is 18.0 Å². The van der Waals surface area contributed by atoms with E-state index in [0.29, 0.717) is 16.0 Å². The van der Waals surface area contributed by atoms with Crippen molar-refractivity contribution in [2.75, 3.05) is 5.43 Å². The van der Waals surface area contributed by atoms with E-state index in [4.69, 9.17) is 17.4 Å². The molecular formula is C9H7BrClN5S. The quantitative estimate of drug-likeness (QED) is 0.511. The van der Waals surface area contributed by atoms with Gasteiger partial charge in [0.2, 0.25) is 5.95 Å². The molecule has 2 rings (SSSR count). The molecule has 0 bridgehead atoms. The molecule has 0 fully saturated rings. The fourth-order valence-electron chi connectivity index (χ4n) is 1.01. The summed E-state index contributed by atoms with van der Waals surface area (Å²) in [5.41, 5.74) is 2.37. The molecule has 5 nitrogen and oxygen atoms in total. The highest BCUT2D eigenvalue weighted by molar-refractivity contribution is 9.10. The number of nitrogen functional groups attached to an aromatic ring is 1. The minimum atomic E-state index is 0.314. The van der Waals surface area contributed by atoms with E-state index in [2.05, 4.69) is 36.3 Å². The number of pyridine rings is 1. The maximum Gasteiger partial charge on any atom is 0.238 e. The minimum absolute atomic E-state index is 0.314. The van der Waals surface area contributed by atoms with Gasteiger partial charge in [0.05, 0.1) is 11.2 Å². The fourth-order valence-corrected chi connectivity index (χ4v) is 2.18. The van der Waals surface area contributed by atoms with E-state index >= 15 is 0 Å². The monoisotopic (exact) mass is 331 g/mol. The number of nitrogens with one attached hydrogen (secondary N) is 1. The second kappa shape index (κ2) is 5.63. The first-order chi connectivity index (χ1) is 8.19. The van der Waals surface area contributed by atoms with Crippen LogP contribution < -0.4 is 11.3 Å². The van der Waals surface area contributed by atoms with E-state index in [9.17, 15) is 0 Å². The van der Waals surface area contributed by atoms with Crippen LogP contribution in [0.1, 0.15) is 0 Å². The fraction of sp³-hybridized carbons (Fsp3) is 0. The highest BCUT2D eigenvalue weighted by Crippen LogP contribution is 2.30. The molecule has 2 aromatic rings. The van der Waals surface area contributed by atoms with Gasteiger partial charge in [0.1, 0.15) is 10.1 Å². The number of hydrogen-bond acceptors (Lipinski definition) is 6. The number of nitrogens with two attached hydrogens (primary N) is 1. The average molecular weight is 333 g/mol. The van der Waals surface area contributed by atoms with Crippen LogP contribution in [0.5, 0.6) is 0 Å². The Balaban J connectivity index is 2.25.